The number of halogens is 2. The van der Waals surface area contributed by atoms with E-state index in [1.165, 1.54) is 0 Å². The van der Waals surface area contributed by atoms with Gasteiger partial charge in [-0.25, -0.2) is 26.9 Å². The summed E-state index contributed by atoms with van der Waals surface area (Å²) >= 11 is 0. The van der Waals surface area contributed by atoms with Crippen LogP contribution in [0.3, 0.4) is 0 Å². The van der Waals surface area contributed by atoms with Gasteiger partial charge in [0.25, 0.3) is 0 Å². The zero-order chi connectivity index (χ0) is 16.4. The van der Waals surface area contributed by atoms with Crippen LogP contribution in [0, 0.1) is 11.6 Å². The quantitative estimate of drug-likeness (QED) is 0.924. The largest absolute Gasteiger partial charge is 0.355 e. The lowest BCUT2D eigenvalue weighted by atomic mass is 10.3. The maximum atomic E-state index is 13.7. The zero-order valence-corrected chi connectivity index (χ0v) is 12.9. The third-order valence-electron chi connectivity index (χ3n) is 3.67. The van der Waals surface area contributed by atoms with Crippen LogP contribution in [-0.4, -0.2) is 32.5 Å². The molecule has 0 spiro atoms. The maximum absolute atomic E-state index is 13.7. The number of hydrogen-bond donors (Lipinski definition) is 1. The average Bonchev–Trinajstić information content (AvgIpc) is 2.95. The van der Waals surface area contributed by atoms with Crippen molar-refractivity contribution >= 4 is 15.8 Å². The Kier molecular flexibility index (Phi) is 4.27. The summed E-state index contributed by atoms with van der Waals surface area (Å²) in [6.45, 7) is 1.01. The predicted molar refractivity (Wildman–Crippen MR) is 81.5 cm³/mol. The van der Waals surface area contributed by atoms with Crippen molar-refractivity contribution in [2.45, 2.75) is 17.4 Å². The Labute approximate surface area is 133 Å². The zero-order valence-electron chi connectivity index (χ0n) is 12.1. The molecular formula is C15H15F2N3O2S. The Bertz CT molecular complexity index is 779. The van der Waals surface area contributed by atoms with Crippen LogP contribution in [0.25, 0.3) is 0 Å². The molecule has 122 valence electrons. The first-order valence-corrected chi connectivity index (χ1v) is 8.58. The Morgan fingerprint density at radius 2 is 1.87 bits per heavy atom. The molecule has 1 aliphatic rings. The Balaban J connectivity index is 1.75. The van der Waals surface area contributed by atoms with Gasteiger partial charge in [0.2, 0.25) is 10.0 Å². The molecule has 0 aliphatic carbocycles. The number of benzene rings is 1. The highest BCUT2D eigenvalue weighted by Gasteiger charge is 2.31. The van der Waals surface area contributed by atoms with Crippen LogP contribution in [-0.2, 0) is 10.0 Å². The van der Waals surface area contributed by atoms with Gasteiger partial charge in [-0.2, -0.15) is 0 Å². The first kappa shape index (κ1) is 15.8. The lowest BCUT2D eigenvalue weighted by Crippen LogP contribution is -2.38. The molecule has 0 unspecified atom stereocenters. The van der Waals surface area contributed by atoms with Gasteiger partial charge in [0.1, 0.15) is 17.5 Å². The van der Waals surface area contributed by atoms with Crippen molar-refractivity contribution in [1.82, 2.24) is 9.71 Å². The standard InChI is InChI=1S/C15H15F2N3O2S/c16-12-4-3-5-13(17)15(12)23(21,22)19-11-7-9-20(10-11)14-6-1-2-8-18-14/h1-6,8,11,19H,7,9-10H2/t11-/m1/s1. The van der Waals surface area contributed by atoms with Crippen LogP contribution in [0.5, 0.6) is 0 Å². The van der Waals surface area contributed by atoms with Crippen molar-refractivity contribution < 1.29 is 17.2 Å². The predicted octanol–water partition coefficient (Wildman–Crippen LogP) is 1.92. The maximum Gasteiger partial charge on any atom is 0.246 e. The Hall–Kier alpha value is -2.06. The molecule has 0 radical (unpaired) electrons. The summed E-state index contributed by atoms with van der Waals surface area (Å²) in [6, 6.07) is 8.00. The number of aromatic nitrogens is 1. The Morgan fingerprint density at radius 3 is 2.52 bits per heavy atom. The first-order valence-electron chi connectivity index (χ1n) is 7.10. The number of anilines is 1. The van der Waals surface area contributed by atoms with Gasteiger partial charge >= 0.3 is 0 Å². The van der Waals surface area contributed by atoms with Crippen LogP contribution in [0.15, 0.2) is 47.5 Å². The lowest BCUT2D eigenvalue weighted by molar-refractivity contribution is 0.507. The molecule has 1 N–H and O–H groups in total. The summed E-state index contributed by atoms with van der Waals surface area (Å²) in [4.78, 5) is 5.19. The van der Waals surface area contributed by atoms with E-state index in [1.54, 1.807) is 12.3 Å². The molecular weight excluding hydrogens is 324 g/mol. The van der Waals surface area contributed by atoms with Crippen molar-refractivity contribution in [3.05, 3.63) is 54.2 Å². The van der Waals surface area contributed by atoms with E-state index in [2.05, 4.69) is 9.71 Å². The van der Waals surface area contributed by atoms with Gasteiger partial charge in [0.05, 0.1) is 0 Å². The van der Waals surface area contributed by atoms with Crippen molar-refractivity contribution in [3.8, 4) is 0 Å². The van der Waals surface area contributed by atoms with E-state index in [-0.39, 0.29) is 0 Å². The van der Waals surface area contributed by atoms with Crippen LogP contribution in [0.1, 0.15) is 6.42 Å². The van der Waals surface area contributed by atoms with Crippen molar-refractivity contribution in [1.29, 1.82) is 0 Å². The first-order chi connectivity index (χ1) is 11.0. The van der Waals surface area contributed by atoms with E-state index in [9.17, 15) is 17.2 Å². The summed E-state index contributed by atoms with van der Waals surface area (Å²) in [7, 11) is -4.26. The SMILES string of the molecule is O=S(=O)(N[C@@H]1CCN(c2ccccn2)C1)c1c(F)cccc1F. The fraction of sp³-hybridized carbons (Fsp3) is 0.267. The number of rotatable bonds is 4. The van der Waals surface area contributed by atoms with Gasteiger partial charge < -0.3 is 4.90 Å². The molecule has 1 saturated heterocycles. The van der Waals surface area contributed by atoms with Crippen molar-refractivity contribution in [3.63, 3.8) is 0 Å². The fourth-order valence-electron chi connectivity index (χ4n) is 2.62. The molecule has 8 heteroatoms. The van der Waals surface area contributed by atoms with Crippen LogP contribution >= 0.6 is 0 Å². The van der Waals surface area contributed by atoms with Gasteiger partial charge in [-0.1, -0.05) is 12.1 Å². The molecule has 0 bridgehead atoms. The lowest BCUT2D eigenvalue weighted by Gasteiger charge is -2.18. The van der Waals surface area contributed by atoms with E-state index >= 15 is 0 Å². The molecule has 2 aromatic rings. The molecule has 2 heterocycles. The van der Waals surface area contributed by atoms with Crippen LogP contribution in [0.2, 0.25) is 0 Å². The topological polar surface area (TPSA) is 62.3 Å². The van der Waals surface area contributed by atoms with Crippen molar-refractivity contribution in [2.75, 3.05) is 18.0 Å². The highest BCUT2D eigenvalue weighted by atomic mass is 32.2. The molecule has 1 fully saturated rings. The molecule has 0 amide bonds. The average molecular weight is 339 g/mol. The van der Waals surface area contributed by atoms with E-state index < -0.39 is 32.6 Å². The summed E-state index contributed by atoms with van der Waals surface area (Å²) < 4.78 is 54.2. The van der Waals surface area contributed by atoms with E-state index in [1.807, 2.05) is 17.0 Å². The number of pyridine rings is 1. The van der Waals surface area contributed by atoms with Gasteiger partial charge in [0, 0.05) is 25.3 Å². The fourth-order valence-corrected chi connectivity index (χ4v) is 4.02. The van der Waals surface area contributed by atoms with Gasteiger partial charge in [-0.05, 0) is 30.7 Å². The molecule has 0 saturated carbocycles. The van der Waals surface area contributed by atoms with Gasteiger partial charge in [-0.15, -0.1) is 0 Å². The molecule has 1 atom stereocenters. The van der Waals surface area contributed by atoms with Gasteiger partial charge in [0.15, 0.2) is 4.90 Å². The monoisotopic (exact) mass is 339 g/mol. The van der Waals surface area contributed by atoms with E-state index in [0.29, 0.717) is 19.5 Å². The number of nitrogens with zero attached hydrogens (tertiary/aromatic N) is 2. The molecule has 1 aromatic heterocycles. The van der Waals surface area contributed by atoms with E-state index in [4.69, 9.17) is 0 Å². The molecule has 1 aliphatic heterocycles. The molecule has 23 heavy (non-hydrogen) atoms. The minimum Gasteiger partial charge on any atom is -0.355 e. The smallest absolute Gasteiger partial charge is 0.246 e. The van der Waals surface area contributed by atoms with E-state index in [0.717, 1.165) is 24.0 Å². The third-order valence-corrected chi connectivity index (χ3v) is 5.24. The minimum atomic E-state index is -4.26. The number of nitrogens with one attached hydrogen (secondary N) is 1. The second kappa shape index (κ2) is 6.21. The second-order valence-corrected chi connectivity index (χ2v) is 6.94. The number of sulfonamides is 1. The third kappa shape index (κ3) is 3.32. The highest BCUT2D eigenvalue weighted by molar-refractivity contribution is 7.89. The summed E-state index contributed by atoms with van der Waals surface area (Å²) in [5, 5.41) is 0. The highest BCUT2D eigenvalue weighted by Crippen LogP contribution is 2.22. The summed E-state index contributed by atoms with van der Waals surface area (Å²) in [6.07, 6.45) is 2.19. The second-order valence-electron chi connectivity index (χ2n) is 5.29. The minimum absolute atomic E-state index is 0.395. The summed E-state index contributed by atoms with van der Waals surface area (Å²) in [5.41, 5.74) is 0. The Morgan fingerprint density at radius 1 is 1.13 bits per heavy atom. The van der Waals surface area contributed by atoms with Crippen LogP contribution in [0.4, 0.5) is 14.6 Å². The van der Waals surface area contributed by atoms with Crippen LogP contribution < -0.4 is 9.62 Å². The molecule has 5 nitrogen and oxygen atoms in total. The number of hydrogen-bond acceptors (Lipinski definition) is 4. The molecule has 1 aromatic carbocycles. The van der Waals surface area contributed by atoms with Gasteiger partial charge in [-0.3, -0.25) is 0 Å². The normalized spacial score (nSPS) is 18.3. The molecule has 3 rings (SSSR count). The summed E-state index contributed by atoms with van der Waals surface area (Å²) in [5.74, 6) is -1.46. The van der Waals surface area contributed by atoms with Crippen molar-refractivity contribution in [2.24, 2.45) is 0 Å².